The topological polar surface area (TPSA) is 84.2 Å². The summed E-state index contributed by atoms with van der Waals surface area (Å²) in [6, 6.07) is 7.00. The minimum Gasteiger partial charge on any atom is -0.467 e. The molecule has 0 unspecified atom stereocenters. The summed E-state index contributed by atoms with van der Waals surface area (Å²) >= 11 is 0. The predicted molar refractivity (Wildman–Crippen MR) is 66.6 cm³/mol. The van der Waals surface area contributed by atoms with Gasteiger partial charge in [0, 0.05) is 18.9 Å². The third-order valence-electron chi connectivity index (χ3n) is 2.39. The van der Waals surface area contributed by atoms with E-state index in [0.717, 1.165) is 5.56 Å². The molecule has 0 aliphatic heterocycles. The molecule has 2 rings (SSSR count). The number of carbonyl (C=O) groups is 2. The molecular weight excluding hydrogens is 246 g/mol. The van der Waals surface area contributed by atoms with Crippen LogP contribution in [0.2, 0.25) is 0 Å². The second-order valence-electron chi connectivity index (χ2n) is 3.81. The molecular formula is C13H13N3O3. The SMILES string of the molecule is O=C(NCc1cccnc1)C(=O)NCc1ccco1. The van der Waals surface area contributed by atoms with Gasteiger partial charge in [0.25, 0.3) is 0 Å². The summed E-state index contributed by atoms with van der Waals surface area (Å²) in [7, 11) is 0. The van der Waals surface area contributed by atoms with E-state index in [1.807, 2.05) is 6.07 Å². The van der Waals surface area contributed by atoms with Gasteiger partial charge in [0.05, 0.1) is 12.8 Å². The largest absolute Gasteiger partial charge is 0.467 e. The molecule has 0 bridgehead atoms. The van der Waals surface area contributed by atoms with Crippen molar-refractivity contribution in [1.29, 1.82) is 0 Å². The monoisotopic (exact) mass is 259 g/mol. The fourth-order valence-corrected chi connectivity index (χ4v) is 1.43. The fraction of sp³-hybridized carbons (Fsp3) is 0.154. The van der Waals surface area contributed by atoms with Gasteiger partial charge < -0.3 is 15.1 Å². The van der Waals surface area contributed by atoms with Crippen LogP contribution >= 0.6 is 0 Å². The number of aromatic nitrogens is 1. The van der Waals surface area contributed by atoms with Gasteiger partial charge in [-0.05, 0) is 23.8 Å². The van der Waals surface area contributed by atoms with Crippen molar-refractivity contribution in [3.05, 3.63) is 54.2 Å². The Morgan fingerprint density at radius 3 is 2.53 bits per heavy atom. The molecule has 0 aromatic carbocycles. The zero-order chi connectivity index (χ0) is 13.5. The summed E-state index contributed by atoms with van der Waals surface area (Å²) in [4.78, 5) is 26.9. The fourth-order valence-electron chi connectivity index (χ4n) is 1.43. The molecule has 2 aromatic rings. The lowest BCUT2D eigenvalue weighted by atomic mass is 10.3. The average Bonchev–Trinajstić information content (AvgIpc) is 2.96. The van der Waals surface area contributed by atoms with Crippen molar-refractivity contribution in [2.75, 3.05) is 0 Å². The van der Waals surface area contributed by atoms with Gasteiger partial charge in [0.2, 0.25) is 0 Å². The molecule has 0 spiro atoms. The first-order chi connectivity index (χ1) is 9.25. The van der Waals surface area contributed by atoms with Crippen LogP contribution in [0.3, 0.4) is 0 Å². The predicted octanol–water partition coefficient (Wildman–Crippen LogP) is 0.607. The van der Waals surface area contributed by atoms with Crippen LogP contribution in [-0.2, 0) is 22.7 Å². The van der Waals surface area contributed by atoms with Gasteiger partial charge in [-0.15, -0.1) is 0 Å². The molecule has 19 heavy (non-hydrogen) atoms. The summed E-state index contributed by atoms with van der Waals surface area (Å²) in [5.41, 5.74) is 0.828. The van der Waals surface area contributed by atoms with Crippen LogP contribution in [-0.4, -0.2) is 16.8 Å². The van der Waals surface area contributed by atoms with Gasteiger partial charge in [0.15, 0.2) is 0 Å². The van der Waals surface area contributed by atoms with Crippen LogP contribution in [0, 0.1) is 0 Å². The maximum absolute atomic E-state index is 11.5. The van der Waals surface area contributed by atoms with E-state index in [1.165, 1.54) is 6.26 Å². The van der Waals surface area contributed by atoms with E-state index in [0.29, 0.717) is 5.76 Å². The van der Waals surface area contributed by atoms with E-state index in [4.69, 9.17) is 4.42 Å². The van der Waals surface area contributed by atoms with Crippen LogP contribution in [0.15, 0.2) is 47.3 Å². The van der Waals surface area contributed by atoms with Crippen LogP contribution in [0.1, 0.15) is 11.3 Å². The lowest BCUT2D eigenvalue weighted by Gasteiger charge is -2.05. The molecule has 6 nitrogen and oxygen atoms in total. The molecule has 0 aliphatic rings. The normalized spacial score (nSPS) is 9.89. The number of pyridine rings is 1. The molecule has 2 amide bonds. The van der Waals surface area contributed by atoms with Crippen molar-refractivity contribution < 1.29 is 14.0 Å². The molecule has 0 saturated heterocycles. The quantitative estimate of drug-likeness (QED) is 0.788. The van der Waals surface area contributed by atoms with Crippen LogP contribution in [0.4, 0.5) is 0 Å². The molecule has 2 aromatic heterocycles. The standard InChI is InChI=1S/C13H13N3O3/c17-12(15-8-10-3-1-5-14-7-10)13(18)16-9-11-4-2-6-19-11/h1-7H,8-9H2,(H,15,17)(H,16,18). The summed E-state index contributed by atoms with van der Waals surface area (Å²) in [5, 5.41) is 4.97. The van der Waals surface area contributed by atoms with E-state index in [1.54, 1.807) is 30.6 Å². The molecule has 0 fully saturated rings. The van der Waals surface area contributed by atoms with E-state index >= 15 is 0 Å². The first kappa shape index (κ1) is 12.8. The van der Waals surface area contributed by atoms with Crippen molar-refractivity contribution in [3.8, 4) is 0 Å². The number of hydrogen-bond acceptors (Lipinski definition) is 4. The third-order valence-corrected chi connectivity index (χ3v) is 2.39. The van der Waals surface area contributed by atoms with Gasteiger partial charge in [-0.3, -0.25) is 14.6 Å². The highest BCUT2D eigenvalue weighted by Crippen LogP contribution is 1.98. The van der Waals surface area contributed by atoms with Gasteiger partial charge in [-0.1, -0.05) is 6.07 Å². The lowest BCUT2D eigenvalue weighted by molar-refractivity contribution is -0.139. The van der Waals surface area contributed by atoms with Gasteiger partial charge in [-0.2, -0.15) is 0 Å². The zero-order valence-corrected chi connectivity index (χ0v) is 10.1. The molecule has 2 heterocycles. The number of amides is 2. The van der Waals surface area contributed by atoms with E-state index in [-0.39, 0.29) is 13.1 Å². The lowest BCUT2D eigenvalue weighted by Crippen LogP contribution is -2.39. The first-order valence-corrected chi connectivity index (χ1v) is 5.73. The van der Waals surface area contributed by atoms with Crippen molar-refractivity contribution in [3.63, 3.8) is 0 Å². The van der Waals surface area contributed by atoms with E-state index in [9.17, 15) is 9.59 Å². The Kier molecular flexibility index (Phi) is 4.28. The Bertz CT molecular complexity index is 538. The second kappa shape index (κ2) is 6.34. The Hall–Kier alpha value is -2.63. The first-order valence-electron chi connectivity index (χ1n) is 5.73. The average molecular weight is 259 g/mol. The van der Waals surface area contributed by atoms with E-state index in [2.05, 4.69) is 15.6 Å². The number of carbonyl (C=O) groups excluding carboxylic acids is 2. The third kappa shape index (κ3) is 3.95. The van der Waals surface area contributed by atoms with Crippen LogP contribution in [0.5, 0.6) is 0 Å². The van der Waals surface area contributed by atoms with Crippen LogP contribution in [0.25, 0.3) is 0 Å². The number of furan rings is 1. The number of nitrogens with zero attached hydrogens (tertiary/aromatic N) is 1. The molecule has 0 aliphatic carbocycles. The number of hydrogen-bond donors (Lipinski definition) is 2. The second-order valence-corrected chi connectivity index (χ2v) is 3.81. The van der Waals surface area contributed by atoms with Crippen molar-refractivity contribution >= 4 is 11.8 Å². The Balaban J connectivity index is 1.75. The molecule has 2 N–H and O–H groups in total. The van der Waals surface area contributed by atoms with Crippen molar-refractivity contribution in [1.82, 2.24) is 15.6 Å². The summed E-state index contributed by atoms with van der Waals surface area (Å²) in [6.45, 7) is 0.451. The highest BCUT2D eigenvalue weighted by Gasteiger charge is 2.12. The smallest absolute Gasteiger partial charge is 0.309 e. The minimum atomic E-state index is -0.694. The van der Waals surface area contributed by atoms with Crippen LogP contribution < -0.4 is 10.6 Å². The van der Waals surface area contributed by atoms with Gasteiger partial charge in [-0.25, -0.2) is 0 Å². The number of nitrogens with one attached hydrogen (secondary N) is 2. The zero-order valence-electron chi connectivity index (χ0n) is 10.1. The maximum atomic E-state index is 11.5. The van der Waals surface area contributed by atoms with E-state index < -0.39 is 11.8 Å². The Morgan fingerprint density at radius 2 is 1.89 bits per heavy atom. The molecule has 98 valence electrons. The summed E-state index contributed by atoms with van der Waals surface area (Å²) < 4.78 is 5.04. The Labute approximate surface area is 109 Å². The molecule has 0 atom stereocenters. The molecule has 0 saturated carbocycles. The van der Waals surface area contributed by atoms with Gasteiger partial charge in [0.1, 0.15) is 5.76 Å². The molecule has 0 radical (unpaired) electrons. The van der Waals surface area contributed by atoms with Crippen molar-refractivity contribution in [2.45, 2.75) is 13.1 Å². The minimum absolute atomic E-state index is 0.187. The highest BCUT2D eigenvalue weighted by atomic mass is 16.3. The van der Waals surface area contributed by atoms with Gasteiger partial charge >= 0.3 is 11.8 Å². The summed E-state index contributed by atoms with van der Waals surface area (Å²) in [5.74, 6) is -0.788. The number of rotatable bonds is 4. The van der Waals surface area contributed by atoms with Crippen molar-refractivity contribution in [2.24, 2.45) is 0 Å². The maximum Gasteiger partial charge on any atom is 0.309 e. The Morgan fingerprint density at radius 1 is 1.11 bits per heavy atom. The summed E-state index contributed by atoms with van der Waals surface area (Å²) in [6.07, 6.45) is 4.77. The molecule has 6 heteroatoms. The highest BCUT2D eigenvalue weighted by molar-refractivity contribution is 6.35.